The van der Waals surface area contributed by atoms with Crippen molar-refractivity contribution in [2.24, 2.45) is 11.8 Å². The molecule has 0 nitrogen and oxygen atoms in total. The zero-order chi connectivity index (χ0) is 21.3. The third-order valence-corrected chi connectivity index (χ3v) is 7.13. The fourth-order valence-corrected chi connectivity index (χ4v) is 5.01. The third-order valence-electron chi connectivity index (χ3n) is 7.13. The topological polar surface area (TPSA) is 0 Å². The number of rotatable bonds is 9. The molecule has 0 radical (unpaired) electrons. The molecule has 1 fully saturated rings. The Hall–Kier alpha value is -2.41. The summed E-state index contributed by atoms with van der Waals surface area (Å²) in [6.45, 7) is 0. The summed E-state index contributed by atoms with van der Waals surface area (Å²) in [6, 6.07) is 27.0. The van der Waals surface area contributed by atoms with E-state index in [-0.39, 0.29) is 5.82 Å². The summed E-state index contributed by atoms with van der Waals surface area (Å²) in [5, 5.41) is 0. The molecule has 0 aromatic heterocycles. The summed E-state index contributed by atoms with van der Waals surface area (Å²) in [5.41, 5.74) is 5.53. The molecule has 1 heteroatoms. The normalized spacial score (nSPS) is 18.7. The maximum absolute atomic E-state index is 13.0. The fraction of sp³-hybridized carbons (Fsp3) is 0.400. The molecule has 31 heavy (non-hydrogen) atoms. The van der Waals surface area contributed by atoms with Gasteiger partial charge in [-0.2, -0.15) is 0 Å². The molecule has 162 valence electrons. The lowest BCUT2D eigenvalue weighted by Crippen LogP contribution is -2.15. The van der Waals surface area contributed by atoms with Crippen LogP contribution in [-0.2, 0) is 25.7 Å². The van der Waals surface area contributed by atoms with Crippen LogP contribution in [0.2, 0.25) is 0 Å². The molecule has 0 amide bonds. The average molecular weight is 415 g/mol. The second-order valence-electron chi connectivity index (χ2n) is 9.39. The molecule has 1 aliphatic rings. The van der Waals surface area contributed by atoms with Crippen molar-refractivity contribution in [2.75, 3.05) is 0 Å². The molecule has 0 N–H and O–H groups in total. The Bertz CT molecular complexity index is 887. The van der Waals surface area contributed by atoms with Gasteiger partial charge in [-0.05, 0) is 84.7 Å². The molecule has 0 atom stereocenters. The second-order valence-corrected chi connectivity index (χ2v) is 9.39. The lowest BCUT2D eigenvalue weighted by molar-refractivity contribution is 0.253. The van der Waals surface area contributed by atoms with Gasteiger partial charge in [-0.25, -0.2) is 4.39 Å². The monoisotopic (exact) mass is 414 g/mol. The largest absolute Gasteiger partial charge is 0.207 e. The van der Waals surface area contributed by atoms with Crippen molar-refractivity contribution in [2.45, 2.75) is 64.2 Å². The molecule has 1 saturated carbocycles. The van der Waals surface area contributed by atoms with Crippen molar-refractivity contribution in [3.05, 3.63) is 107 Å². The van der Waals surface area contributed by atoms with E-state index in [4.69, 9.17) is 0 Å². The minimum Gasteiger partial charge on any atom is -0.207 e. The first-order valence-electron chi connectivity index (χ1n) is 12.1. The Kier molecular flexibility index (Phi) is 7.93. The number of aryl methyl sites for hydroxylation is 4. The third kappa shape index (κ3) is 7.06. The van der Waals surface area contributed by atoms with Gasteiger partial charge in [0.15, 0.2) is 0 Å². The maximum Gasteiger partial charge on any atom is 0.123 e. The molecule has 0 unspecified atom stereocenters. The highest BCUT2D eigenvalue weighted by Crippen LogP contribution is 2.34. The van der Waals surface area contributed by atoms with Crippen molar-refractivity contribution in [1.29, 1.82) is 0 Å². The Balaban J connectivity index is 1.14. The Morgan fingerprint density at radius 3 is 1.35 bits per heavy atom. The first kappa shape index (κ1) is 21.8. The highest BCUT2D eigenvalue weighted by atomic mass is 19.1. The summed E-state index contributed by atoms with van der Waals surface area (Å²) in [4.78, 5) is 0. The van der Waals surface area contributed by atoms with E-state index in [0.717, 1.165) is 24.7 Å². The summed E-state index contributed by atoms with van der Waals surface area (Å²) in [5.74, 6) is 1.68. The predicted octanol–water partition coefficient (Wildman–Crippen LogP) is 7.98. The fourth-order valence-electron chi connectivity index (χ4n) is 5.01. The molecule has 4 rings (SSSR count). The summed E-state index contributed by atoms with van der Waals surface area (Å²) in [7, 11) is 0. The highest BCUT2D eigenvalue weighted by molar-refractivity contribution is 5.25. The van der Waals surface area contributed by atoms with Gasteiger partial charge in [0.1, 0.15) is 5.82 Å². The lowest BCUT2D eigenvalue weighted by atomic mass is 9.77. The number of halogens is 1. The minimum absolute atomic E-state index is 0.159. The maximum atomic E-state index is 13.0. The summed E-state index contributed by atoms with van der Waals surface area (Å²) >= 11 is 0. The van der Waals surface area contributed by atoms with Gasteiger partial charge < -0.3 is 0 Å². The first-order chi connectivity index (χ1) is 15.2. The van der Waals surface area contributed by atoms with Crippen LogP contribution in [0.15, 0.2) is 78.9 Å². The van der Waals surface area contributed by atoms with Crippen molar-refractivity contribution in [3.8, 4) is 0 Å². The molecule has 0 spiro atoms. The van der Waals surface area contributed by atoms with Crippen LogP contribution in [0.5, 0.6) is 0 Å². The van der Waals surface area contributed by atoms with Crippen LogP contribution in [0.25, 0.3) is 0 Å². The van der Waals surface area contributed by atoms with Crippen LogP contribution in [0.4, 0.5) is 4.39 Å². The van der Waals surface area contributed by atoms with Gasteiger partial charge in [-0.3, -0.25) is 0 Å². The Morgan fingerprint density at radius 1 is 0.484 bits per heavy atom. The molecule has 3 aromatic carbocycles. The van der Waals surface area contributed by atoms with Gasteiger partial charge in [-0.1, -0.05) is 92.4 Å². The quantitative estimate of drug-likeness (QED) is 0.333. The molecule has 0 saturated heterocycles. The van der Waals surface area contributed by atoms with E-state index in [1.54, 1.807) is 12.1 Å². The zero-order valence-corrected chi connectivity index (χ0v) is 18.6. The number of benzene rings is 3. The van der Waals surface area contributed by atoms with Gasteiger partial charge in [0.25, 0.3) is 0 Å². The van der Waals surface area contributed by atoms with Gasteiger partial charge >= 0.3 is 0 Å². The van der Waals surface area contributed by atoms with E-state index < -0.39 is 0 Å². The summed E-state index contributed by atoms with van der Waals surface area (Å²) < 4.78 is 13.0. The van der Waals surface area contributed by atoms with Gasteiger partial charge in [-0.15, -0.1) is 0 Å². The molecular weight excluding hydrogens is 379 g/mol. The average Bonchev–Trinajstić information content (AvgIpc) is 2.83. The second kappa shape index (κ2) is 11.3. The van der Waals surface area contributed by atoms with Gasteiger partial charge in [0, 0.05) is 0 Å². The molecule has 1 aliphatic carbocycles. The van der Waals surface area contributed by atoms with E-state index in [0.29, 0.717) is 0 Å². The van der Waals surface area contributed by atoms with Gasteiger partial charge in [0.2, 0.25) is 0 Å². The van der Waals surface area contributed by atoms with Crippen LogP contribution in [0.1, 0.15) is 60.8 Å². The number of hydrogen-bond acceptors (Lipinski definition) is 0. The van der Waals surface area contributed by atoms with E-state index >= 15 is 0 Å². The molecule has 0 heterocycles. The molecular formula is C30H35F. The summed E-state index contributed by atoms with van der Waals surface area (Å²) in [6.07, 6.45) is 12.8. The van der Waals surface area contributed by atoms with Crippen LogP contribution in [-0.4, -0.2) is 0 Å². The van der Waals surface area contributed by atoms with E-state index in [1.807, 2.05) is 12.1 Å². The van der Waals surface area contributed by atoms with E-state index in [2.05, 4.69) is 54.6 Å². The van der Waals surface area contributed by atoms with Crippen molar-refractivity contribution in [1.82, 2.24) is 0 Å². The van der Waals surface area contributed by atoms with Gasteiger partial charge in [0.05, 0.1) is 0 Å². The molecule has 0 bridgehead atoms. The SMILES string of the molecule is Fc1ccc(CCc2ccc(CCC3CCC(CCc4ccccc4)CC3)cc2)cc1. The lowest BCUT2D eigenvalue weighted by Gasteiger charge is -2.28. The van der Waals surface area contributed by atoms with Crippen molar-refractivity contribution in [3.63, 3.8) is 0 Å². The van der Waals surface area contributed by atoms with Crippen LogP contribution < -0.4 is 0 Å². The molecule has 0 aliphatic heterocycles. The van der Waals surface area contributed by atoms with Crippen LogP contribution >= 0.6 is 0 Å². The van der Waals surface area contributed by atoms with Crippen molar-refractivity contribution < 1.29 is 4.39 Å². The zero-order valence-electron chi connectivity index (χ0n) is 18.6. The minimum atomic E-state index is -0.159. The van der Waals surface area contributed by atoms with Crippen LogP contribution in [0, 0.1) is 17.7 Å². The standard InChI is InChI=1S/C30H35F/c31-30-22-20-29(21-23-30)19-18-28-16-14-27(15-17-28)13-12-26-10-8-25(9-11-26)7-6-24-4-2-1-3-5-24/h1-5,14-17,20-23,25-26H,6-13,18-19H2. The smallest absolute Gasteiger partial charge is 0.123 e. The first-order valence-corrected chi connectivity index (χ1v) is 12.1. The predicted molar refractivity (Wildman–Crippen MR) is 129 cm³/mol. The van der Waals surface area contributed by atoms with E-state index in [1.165, 1.54) is 73.6 Å². The Labute approximate surface area is 187 Å². The van der Waals surface area contributed by atoms with Crippen LogP contribution in [0.3, 0.4) is 0 Å². The van der Waals surface area contributed by atoms with E-state index in [9.17, 15) is 4.39 Å². The molecule has 3 aromatic rings. The Morgan fingerprint density at radius 2 is 0.871 bits per heavy atom. The van der Waals surface area contributed by atoms with Crippen molar-refractivity contribution >= 4 is 0 Å². The number of hydrogen-bond donors (Lipinski definition) is 0. The highest BCUT2D eigenvalue weighted by Gasteiger charge is 2.20.